The average Bonchev–Trinajstić information content (AvgIpc) is 2.05. The summed E-state index contributed by atoms with van der Waals surface area (Å²) in [7, 11) is 4.02. The molecule has 0 saturated carbocycles. The number of nitrogens with one attached hydrogen (secondary N) is 1. The molecule has 3 nitrogen and oxygen atoms in total. The fourth-order valence-electron chi connectivity index (χ4n) is 0.847. The lowest BCUT2D eigenvalue weighted by molar-refractivity contribution is 0.276. The number of nitrogens with zero attached hydrogens (tertiary/aromatic N) is 1. The SMILES string of the molecule is CN/C(=C\N)CCN(C)C(C)C. The summed E-state index contributed by atoms with van der Waals surface area (Å²) in [6, 6.07) is 0.598. The molecule has 0 saturated heterocycles. The molecular formula is C9H21N3. The standard InChI is InChI=1S/C9H21N3/c1-8(2)12(4)6-5-9(7-10)11-3/h7-8,11H,5-6,10H2,1-4H3/b9-7-. The number of nitrogens with two attached hydrogens (primary N) is 1. The zero-order valence-corrected chi connectivity index (χ0v) is 8.59. The van der Waals surface area contributed by atoms with E-state index in [9.17, 15) is 0 Å². The number of hydrogen-bond donors (Lipinski definition) is 2. The Morgan fingerprint density at radius 1 is 1.58 bits per heavy atom. The van der Waals surface area contributed by atoms with Gasteiger partial charge in [-0.3, -0.25) is 0 Å². The van der Waals surface area contributed by atoms with Crippen LogP contribution in [0.4, 0.5) is 0 Å². The molecule has 0 atom stereocenters. The highest BCUT2D eigenvalue weighted by molar-refractivity contribution is 4.96. The summed E-state index contributed by atoms with van der Waals surface area (Å²) >= 11 is 0. The van der Waals surface area contributed by atoms with Gasteiger partial charge in [0.05, 0.1) is 0 Å². The number of hydrogen-bond acceptors (Lipinski definition) is 3. The minimum Gasteiger partial charge on any atom is -0.403 e. The quantitative estimate of drug-likeness (QED) is 0.641. The van der Waals surface area contributed by atoms with Crippen molar-refractivity contribution in [3.63, 3.8) is 0 Å². The van der Waals surface area contributed by atoms with Gasteiger partial charge in [-0.1, -0.05) is 0 Å². The fraction of sp³-hybridized carbons (Fsp3) is 0.778. The molecule has 0 heterocycles. The average molecular weight is 171 g/mol. The Labute approximate surface area is 75.6 Å². The van der Waals surface area contributed by atoms with Gasteiger partial charge in [-0.2, -0.15) is 0 Å². The summed E-state index contributed by atoms with van der Waals surface area (Å²) < 4.78 is 0. The van der Waals surface area contributed by atoms with Crippen LogP contribution in [-0.4, -0.2) is 31.6 Å². The first kappa shape index (κ1) is 11.3. The molecule has 0 rings (SSSR count). The van der Waals surface area contributed by atoms with Crippen LogP contribution in [0, 0.1) is 0 Å². The van der Waals surface area contributed by atoms with Crippen molar-refractivity contribution >= 4 is 0 Å². The predicted octanol–water partition coefficient (Wildman–Crippen LogP) is 0.736. The molecule has 0 bridgehead atoms. The highest BCUT2D eigenvalue weighted by Gasteiger charge is 2.02. The van der Waals surface area contributed by atoms with Crippen LogP contribution < -0.4 is 11.1 Å². The van der Waals surface area contributed by atoms with Crippen molar-refractivity contribution in [3.05, 3.63) is 11.9 Å². The van der Waals surface area contributed by atoms with Gasteiger partial charge in [-0.25, -0.2) is 0 Å². The third kappa shape index (κ3) is 4.23. The summed E-state index contributed by atoms with van der Waals surface area (Å²) in [4.78, 5) is 2.29. The normalized spacial score (nSPS) is 12.7. The first-order chi connectivity index (χ1) is 5.61. The third-order valence-electron chi connectivity index (χ3n) is 2.14. The topological polar surface area (TPSA) is 41.3 Å². The fourth-order valence-corrected chi connectivity index (χ4v) is 0.847. The van der Waals surface area contributed by atoms with E-state index in [1.165, 1.54) is 0 Å². The Balaban J connectivity index is 3.67. The first-order valence-corrected chi connectivity index (χ1v) is 4.40. The lowest BCUT2D eigenvalue weighted by atomic mass is 10.2. The maximum atomic E-state index is 5.40. The molecule has 0 aliphatic heterocycles. The van der Waals surface area contributed by atoms with E-state index in [1.807, 2.05) is 7.05 Å². The van der Waals surface area contributed by atoms with Gasteiger partial charge in [-0.05, 0) is 20.9 Å². The van der Waals surface area contributed by atoms with Gasteiger partial charge in [0.25, 0.3) is 0 Å². The minimum absolute atomic E-state index is 0.598. The Kier molecular flexibility index (Phi) is 5.54. The Morgan fingerprint density at radius 2 is 2.17 bits per heavy atom. The van der Waals surface area contributed by atoms with Crippen molar-refractivity contribution in [2.45, 2.75) is 26.3 Å². The third-order valence-corrected chi connectivity index (χ3v) is 2.14. The molecule has 0 spiro atoms. The molecule has 0 radical (unpaired) electrons. The van der Waals surface area contributed by atoms with Gasteiger partial charge in [0.1, 0.15) is 0 Å². The van der Waals surface area contributed by atoms with E-state index in [2.05, 4.69) is 31.1 Å². The maximum absolute atomic E-state index is 5.40. The van der Waals surface area contributed by atoms with E-state index in [0.29, 0.717) is 6.04 Å². The van der Waals surface area contributed by atoms with Gasteiger partial charge in [0.2, 0.25) is 0 Å². The van der Waals surface area contributed by atoms with E-state index >= 15 is 0 Å². The van der Waals surface area contributed by atoms with Crippen molar-refractivity contribution in [3.8, 4) is 0 Å². The van der Waals surface area contributed by atoms with Crippen LogP contribution in [0.25, 0.3) is 0 Å². The van der Waals surface area contributed by atoms with Gasteiger partial charge >= 0.3 is 0 Å². The van der Waals surface area contributed by atoms with E-state index in [1.54, 1.807) is 6.20 Å². The molecule has 0 aliphatic carbocycles. The van der Waals surface area contributed by atoms with E-state index in [-0.39, 0.29) is 0 Å². The molecule has 0 unspecified atom stereocenters. The van der Waals surface area contributed by atoms with Crippen molar-refractivity contribution < 1.29 is 0 Å². The zero-order valence-electron chi connectivity index (χ0n) is 8.59. The summed E-state index contributed by atoms with van der Waals surface area (Å²) in [6.07, 6.45) is 2.62. The molecule has 0 amide bonds. The molecule has 0 aromatic carbocycles. The second-order valence-corrected chi connectivity index (χ2v) is 3.27. The van der Waals surface area contributed by atoms with Crippen LogP contribution in [0.2, 0.25) is 0 Å². The molecule has 0 aromatic heterocycles. The monoisotopic (exact) mass is 171 g/mol. The Hall–Kier alpha value is -0.700. The Morgan fingerprint density at radius 3 is 2.50 bits per heavy atom. The molecule has 0 aliphatic rings. The van der Waals surface area contributed by atoms with Crippen LogP contribution in [0.15, 0.2) is 11.9 Å². The molecule has 72 valence electrons. The summed E-state index contributed by atoms with van der Waals surface area (Å²) in [5.74, 6) is 0. The van der Waals surface area contributed by atoms with Gasteiger partial charge in [-0.15, -0.1) is 0 Å². The van der Waals surface area contributed by atoms with Crippen molar-refractivity contribution in [2.24, 2.45) is 5.73 Å². The van der Waals surface area contributed by atoms with E-state index in [0.717, 1.165) is 18.7 Å². The molecule has 3 N–H and O–H groups in total. The second kappa shape index (κ2) is 5.89. The molecule has 12 heavy (non-hydrogen) atoms. The van der Waals surface area contributed by atoms with Crippen LogP contribution in [-0.2, 0) is 0 Å². The summed E-state index contributed by atoms with van der Waals surface area (Å²) in [5, 5.41) is 3.06. The van der Waals surface area contributed by atoms with Crippen molar-refractivity contribution in [1.29, 1.82) is 0 Å². The number of rotatable bonds is 5. The minimum atomic E-state index is 0.598. The van der Waals surface area contributed by atoms with Crippen LogP contribution >= 0.6 is 0 Å². The van der Waals surface area contributed by atoms with Gasteiger partial charge in [0.15, 0.2) is 0 Å². The van der Waals surface area contributed by atoms with E-state index in [4.69, 9.17) is 5.73 Å². The van der Waals surface area contributed by atoms with Crippen LogP contribution in [0.1, 0.15) is 20.3 Å². The smallest absolute Gasteiger partial charge is 0.0274 e. The largest absolute Gasteiger partial charge is 0.403 e. The summed E-state index contributed by atoms with van der Waals surface area (Å²) in [6.45, 7) is 5.41. The molecule has 3 heteroatoms. The first-order valence-electron chi connectivity index (χ1n) is 4.40. The molecular weight excluding hydrogens is 150 g/mol. The summed E-state index contributed by atoms with van der Waals surface area (Å²) in [5.41, 5.74) is 6.50. The zero-order chi connectivity index (χ0) is 9.56. The second-order valence-electron chi connectivity index (χ2n) is 3.27. The lowest BCUT2D eigenvalue weighted by Gasteiger charge is -2.21. The van der Waals surface area contributed by atoms with Crippen LogP contribution in [0.5, 0.6) is 0 Å². The molecule has 0 aromatic rings. The maximum Gasteiger partial charge on any atom is 0.0274 e. The lowest BCUT2D eigenvalue weighted by Crippen LogP contribution is -2.28. The van der Waals surface area contributed by atoms with Crippen molar-refractivity contribution in [2.75, 3.05) is 20.6 Å². The van der Waals surface area contributed by atoms with Gasteiger partial charge < -0.3 is 16.0 Å². The van der Waals surface area contributed by atoms with Crippen LogP contribution in [0.3, 0.4) is 0 Å². The van der Waals surface area contributed by atoms with Gasteiger partial charge in [0, 0.05) is 38.0 Å². The predicted molar refractivity (Wildman–Crippen MR) is 53.7 cm³/mol. The highest BCUT2D eigenvalue weighted by Crippen LogP contribution is 1.99. The van der Waals surface area contributed by atoms with E-state index < -0.39 is 0 Å². The Bertz CT molecular complexity index is 141. The van der Waals surface area contributed by atoms with Crippen molar-refractivity contribution in [1.82, 2.24) is 10.2 Å². The molecule has 0 fully saturated rings. The highest BCUT2D eigenvalue weighted by atomic mass is 15.1.